The first kappa shape index (κ1) is 12.9. The SMILES string of the molecule is CC(Oc1cc(N)cc(-c2cnn(C)c2)c1)C(N)=O. The number of aryl methyl sites for hydroxylation is 1. The molecule has 1 unspecified atom stereocenters. The summed E-state index contributed by atoms with van der Waals surface area (Å²) in [6.07, 6.45) is 2.90. The first-order chi connectivity index (χ1) is 8.95. The van der Waals surface area contributed by atoms with Gasteiger partial charge in [0, 0.05) is 30.6 Å². The molecular formula is C13H16N4O2. The second-order valence-electron chi connectivity index (χ2n) is 4.36. The van der Waals surface area contributed by atoms with Crippen LogP contribution in [0.4, 0.5) is 5.69 Å². The molecular weight excluding hydrogens is 244 g/mol. The molecule has 0 saturated carbocycles. The molecule has 1 aromatic heterocycles. The predicted octanol–water partition coefficient (Wildman–Crippen LogP) is 0.922. The maximum absolute atomic E-state index is 11.0. The third-order valence-corrected chi connectivity index (χ3v) is 2.68. The van der Waals surface area contributed by atoms with Crippen LogP contribution < -0.4 is 16.2 Å². The molecule has 0 saturated heterocycles. The number of anilines is 1. The first-order valence-electron chi connectivity index (χ1n) is 5.81. The highest BCUT2D eigenvalue weighted by molar-refractivity contribution is 5.79. The van der Waals surface area contributed by atoms with E-state index in [1.165, 1.54) is 0 Å². The molecule has 2 rings (SSSR count). The van der Waals surface area contributed by atoms with E-state index >= 15 is 0 Å². The highest BCUT2D eigenvalue weighted by atomic mass is 16.5. The smallest absolute Gasteiger partial charge is 0.258 e. The Kier molecular flexibility index (Phi) is 3.41. The van der Waals surface area contributed by atoms with E-state index in [9.17, 15) is 4.79 Å². The molecule has 1 aromatic carbocycles. The lowest BCUT2D eigenvalue weighted by molar-refractivity contribution is -0.123. The molecule has 2 aromatic rings. The van der Waals surface area contributed by atoms with Crippen molar-refractivity contribution in [2.45, 2.75) is 13.0 Å². The summed E-state index contributed by atoms with van der Waals surface area (Å²) in [6, 6.07) is 5.27. The fourth-order valence-electron chi connectivity index (χ4n) is 1.69. The largest absolute Gasteiger partial charge is 0.481 e. The van der Waals surface area contributed by atoms with Crippen molar-refractivity contribution in [1.29, 1.82) is 0 Å². The van der Waals surface area contributed by atoms with Gasteiger partial charge in [-0.05, 0) is 24.6 Å². The summed E-state index contributed by atoms with van der Waals surface area (Å²) in [5.74, 6) is -0.0181. The summed E-state index contributed by atoms with van der Waals surface area (Å²) in [5, 5.41) is 4.10. The van der Waals surface area contributed by atoms with Crippen molar-refractivity contribution >= 4 is 11.6 Å². The average molecular weight is 260 g/mol. The van der Waals surface area contributed by atoms with Crippen LogP contribution in [-0.2, 0) is 11.8 Å². The summed E-state index contributed by atoms with van der Waals surface area (Å²) < 4.78 is 7.14. The van der Waals surface area contributed by atoms with Gasteiger partial charge in [-0.1, -0.05) is 0 Å². The van der Waals surface area contributed by atoms with Crippen LogP contribution in [0.15, 0.2) is 30.6 Å². The molecule has 4 N–H and O–H groups in total. The number of aromatic nitrogens is 2. The number of carbonyl (C=O) groups is 1. The minimum absolute atomic E-state index is 0.505. The normalized spacial score (nSPS) is 12.1. The molecule has 6 heteroatoms. The lowest BCUT2D eigenvalue weighted by Gasteiger charge is -2.12. The zero-order chi connectivity index (χ0) is 14.0. The highest BCUT2D eigenvalue weighted by Crippen LogP contribution is 2.27. The van der Waals surface area contributed by atoms with Gasteiger partial charge in [-0.3, -0.25) is 9.48 Å². The number of hydrogen-bond donors (Lipinski definition) is 2. The van der Waals surface area contributed by atoms with Crippen LogP contribution in [0.5, 0.6) is 5.75 Å². The standard InChI is InChI=1S/C13H16N4O2/c1-8(13(15)18)19-12-4-9(3-11(14)5-12)10-6-16-17(2)7-10/h3-8H,14H2,1-2H3,(H2,15,18). The quantitative estimate of drug-likeness (QED) is 0.799. The van der Waals surface area contributed by atoms with Crippen LogP contribution in [0.2, 0.25) is 0 Å². The Labute approximate surface area is 111 Å². The number of nitrogens with zero attached hydrogens (tertiary/aromatic N) is 2. The summed E-state index contributed by atoms with van der Waals surface area (Å²) in [6.45, 7) is 1.59. The van der Waals surface area contributed by atoms with Gasteiger partial charge in [-0.15, -0.1) is 0 Å². The van der Waals surface area contributed by atoms with E-state index in [0.29, 0.717) is 11.4 Å². The van der Waals surface area contributed by atoms with Gasteiger partial charge in [-0.2, -0.15) is 5.10 Å². The molecule has 19 heavy (non-hydrogen) atoms. The highest BCUT2D eigenvalue weighted by Gasteiger charge is 2.12. The van der Waals surface area contributed by atoms with Gasteiger partial charge in [0.15, 0.2) is 6.10 Å². The molecule has 100 valence electrons. The number of hydrogen-bond acceptors (Lipinski definition) is 4. The van der Waals surface area contributed by atoms with E-state index < -0.39 is 12.0 Å². The number of nitrogens with two attached hydrogens (primary N) is 2. The van der Waals surface area contributed by atoms with Crippen LogP contribution in [0.3, 0.4) is 0 Å². The Balaban J connectivity index is 2.32. The topological polar surface area (TPSA) is 96.2 Å². The Bertz CT molecular complexity index is 606. The van der Waals surface area contributed by atoms with Crippen LogP contribution in [0.1, 0.15) is 6.92 Å². The fraction of sp³-hybridized carbons (Fsp3) is 0.231. The van der Waals surface area contributed by atoms with Crippen molar-refractivity contribution in [2.24, 2.45) is 12.8 Å². The van der Waals surface area contributed by atoms with Crippen LogP contribution in [-0.4, -0.2) is 21.8 Å². The summed E-state index contributed by atoms with van der Waals surface area (Å²) in [4.78, 5) is 11.0. The molecule has 1 atom stereocenters. The van der Waals surface area contributed by atoms with Gasteiger partial charge in [0.25, 0.3) is 5.91 Å². The molecule has 0 fully saturated rings. The van der Waals surface area contributed by atoms with E-state index in [4.69, 9.17) is 16.2 Å². The van der Waals surface area contributed by atoms with Crippen molar-refractivity contribution in [3.8, 4) is 16.9 Å². The Hall–Kier alpha value is -2.50. The van der Waals surface area contributed by atoms with E-state index in [-0.39, 0.29) is 0 Å². The molecule has 0 radical (unpaired) electrons. The van der Waals surface area contributed by atoms with Crippen LogP contribution in [0.25, 0.3) is 11.1 Å². The molecule has 0 spiro atoms. The van der Waals surface area contributed by atoms with E-state index in [1.54, 1.807) is 29.9 Å². The maximum atomic E-state index is 11.0. The van der Waals surface area contributed by atoms with Crippen molar-refractivity contribution in [3.63, 3.8) is 0 Å². The number of benzene rings is 1. The molecule has 0 aliphatic carbocycles. The zero-order valence-electron chi connectivity index (χ0n) is 10.8. The molecule has 6 nitrogen and oxygen atoms in total. The van der Waals surface area contributed by atoms with Crippen LogP contribution in [0, 0.1) is 0 Å². The molecule has 1 heterocycles. The molecule has 0 aliphatic heterocycles. The molecule has 1 amide bonds. The fourth-order valence-corrected chi connectivity index (χ4v) is 1.69. The van der Waals surface area contributed by atoms with Gasteiger partial charge < -0.3 is 16.2 Å². The van der Waals surface area contributed by atoms with Crippen molar-refractivity contribution in [1.82, 2.24) is 9.78 Å². The molecule has 0 aliphatic rings. The maximum Gasteiger partial charge on any atom is 0.258 e. The second kappa shape index (κ2) is 5.01. The Morgan fingerprint density at radius 3 is 2.68 bits per heavy atom. The van der Waals surface area contributed by atoms with E-state index in [2.05, 4.69) is 5.10 Å². The lowest BCUT2D eigenvalue weighted by Crippen LogP contribution is -2.30. The van der Waals surface area contributed by atoms with Crippen molar-refractivity contribution < 1.29 is 9.53 Å². The Morgan fingerprint density at radius 1 is 1.37 bits per heavy atom. The monoisotopic (exact) mass is 260 g/mol. The predicted molar refractivity (Wildman–Crippen MR) is 72.3 cm³/mol. The van der Waals surface area contributed by atoms with E-state index in [1.807, 2.05) is 19.3 Å². The van der Waals surface area contributed by atoms with Gasteiger partial charge >= 0.3 is 0 Å². The number of ether oxygens (including phenoxy) is 1. The van der Waals surface area contributed by atoms with Gasteiger partial charge in [0.05, 0.1) is 6.20 Å². The third kappa shape index (κ3) is 3.04. The lowest BCUT2D eigenvalue weighted by atomic mass is 10.1. The van der Waals surface area contributed by atoms with Gasteiger partial charge in [0.1, 0.15) is 5.75 Å². The number of rotatable bonds is 4. The van der Waals surface area contributed by atoms with Gasteiger partial charge in [-0.25, -0.2) is 0 Å². The van der Waals surface area contributed by atoms with Crippen molar-refractivity contribution in [3.05, 3.63) is 30.6 Å². The van der Waals surface area contributed by atoms with Crippen molar-refractivity contribution in [2.75, 3.05) is 5.73 Å². The zero-order valence-corrected chi connectivity index (χ0v) is 10.8. The average Bonchev–Trinajstić information content (AvgIpc) is 2.75. The first-order valence-corrected chi connectivity index (χ1v) is 5.81. The van der Waals surface area contributed by atoms with Crippen LogP contribution >= 0.6 is 0 Å². The number of nitrogen functional groups attached to an aromatic ring is 1. The number of primary amides is 1. The summed E-state index contributed by atoms with van der Waals surface area (Å²) >= 11 is 0. The summed E-state index contributed by atoms with van der Waals surface area (Å²) in [7, 11) is 1.84. The van der Waals surface area contributed by atoms with Gasteiger partial charge in [0.2, 0.25) is 0 Å². The minimum Gasteiger partial charge on any atom is -0.481 e. The number of carbonyl (C=O) groups excluding carboxylic acids is 1. The van der Waals surface area contributed by atoms with E-state index in [0.717, 1.165) is 11.1 Å². The second-order valence-corrected chi connectivity index (χ2v) is 4.36. The minimum atomic E-state index is -0.705. The molecule has 0 bridgehead atoms. The summed E-state index contributed by atoms with van der Waals surface area (Å²) in [5.41, 5.74) is 13.3. The number of amides is 1. The third-order valence-electron chi connectivity index (χ3n) is 2.68. The Morgan fingerprint density at radius 2 is 2.11 bits per heavy atom.